The second kappa shape index (κ2) is 5.38. The molecule has 3 heteroatoms. The molecule has 1 unspecified atom stereocenters. The molecule has 1 rings (SSSR count). The highest BCUT2D eigenvalue weighted by molar-refractivity contribution is 6.64. The summed E-state index contributed by atoms with van der Waals surface area (Å²) in [6.45, 7) is 1.96. The van der Waals surface area contributed by atoms with E-state index in [1.807, 2.05) is 31.2 Å². The average Bonchev–Trinajstić information content (AvgIpc) is 2.16. The van der Waals surface area contributed by atoms with Crippen LogP contribution in [0.15, 0.2) is 24.3 Å². The lowest BCUT2D eigenvalue weighted by Crippen LogP contribution is -2.10. The molecule has 0 aliphatic carbocycles. The van der Waals surface area contributed by atoms with E-state index in [0.717, 1.165) is 12.0 Å². The van der Waals surface area contributed by atoms with Gasteiger partial charge in [-0.2, -0.15) is 0 Å². The fraction of sp³-hybridized carbons (Fsp3) is 0.364. The van der Waals surface area contributed by atoms with Gasteiger partial charge < -0.3 is 0 Å². The number of rotatable bonds is 4. The minimum atomic E-state index is -0.262. The molecule has 0 saturated heterocycles. The van der Waals surface area contributed by atoms with Crippen LogP contribution >= 0.6 is 23.2 Å². The van der Waals surface area contributed by atoms with Gasteiger partial charge in [0.1, 0.15) is 0 Å². The Bertz CT molecular complexity index is 306. The fourth-order valence-corrected chi connectivity index (χ4v) is 1.65. The highest BCUT2D eigenvalue weighted by atomic mass is 35.5. The molecule has 0 aliphatic rings. The molecular weight excluding hydrogens is 219 g/mol. The largest absolute Gasteiger partial charge is 0.281 e. The zero-order valence-corrected chi connectivity index (χ0v) is 9.48. The van der Waals surface area contributed by atoms with E-state index < -0.39 is 0 Å². The second-order valence-corrected chi connectivity index (χ2v) is 4.05. The summed E-state index contributed by atoms with van der Waals surface area (Å²) in [5.41, 5.74) is 1.09. The molecular formula is C11H12Cl2O. The molecule has 0 aliphatic heterocycles. The molecule has 0 spiro atoms. The smallest absolute Gasteiger partial charge is 0.225 e. The van der Waals surface area contributed by atoms with Crippen LogP contribution in [0.3, 0.4) is 0 Å². The van der Waals surface area contributed by atoms with Gasteiger partial charge in [-0.1, -0.05) is 30.7 Å². The average molecular weight is 231 g/mol. The van der Waals surface area contributed by atoms with Gasteiger partial charge in [-0.05, 0) is 42.1 Å². The number of hydrogen-bond donors (Lipinski definition) is 0. The predicted octanol–water partition coefficient (Wildman–Crippen LogP) is 3.67. The Hall–Kier alpha value is -0.530. The highest BCUT2D eigenvalue weighted by Gasteiger charge is 2.14. The lowest BCUT2D eigenvalue weighted by atomic mass is 9.98. The summed E-state index contributed by atoms with van der Waals surface area (Å²) in [6.07, 6.45) is 1.46. The maximum atomic E-state index is 11.0. The summed E-state index contributed by atoms with van der Waals surface area (Å²) < 4.78 is 0. The van der Waals surface area contributed by atoms with Crippen molar-refractivity contribution in [3.63, 3.8) is 0 Å². The van der Waals surface area contributed by atoms with Crippen molar-refractivity contribution in [2.45, 2.75) is 19.8 Å². The van der Waals surface area contributed by atoms with Crippen molar-refractivity contribution in [3.05, 3.63) is 34.9 Å². The van der Waals surface area contributed by atoms with Crippen molar-refractivity contribution in [1.82, 2.24) is 0 Å². The van der Waals surface area contributed by atoms with E-state index in [1.54, 1.807) is 0 Å². The van der Waals surface area contributed by atoms with Gasteiger partial charge in [-0.15, -0.1) is 0 Å². The zero-order valence-electron chi connectivity index (χ0n) is 7.97. The predicted molar refractivity (Wildman–Crippen MR) is 59.8 cm³/mol. The van der Waals surface area contributed by atoms with Crippen LogP contribution in [0.4, 0.5) is 0 Å². The van der Waals surface area contributed by atoms with Crippen LogP contribution in [-0.2, 0) is 11.2 Å². The van der Waals surface area contributed by atoms with E-state index in [9.17, 15) is 4.79 Å². The Kier molecular flexibility index (Phi) is 4.43. The number of halogens is 2. The monoisotopic (exact) mass is 230 g/mol. The van der Waals surface area contributed by atoms with Gasteiger partial charge in [-0.3, -0.25) is 4.79 Å². The van der Waals surface area contributed by atoms with Crippen molar-refractivity contribution >= 4 is 28.4 Å². The first-order chi connectivity index (χ1) is 6.63. The second-order valence-electron chi connectivity index (χ2n) is 3.24. The molecule has 0 N–H and O–H groups in total. The molecule has 0 radical (unpaired) electrons. The normalized spacial score (nSPS) is 12.5. The lowest BCUT2D eigenvalue weighted by Gasteiger charge is -2.09. The quantitative estimate of drug-likeness (QED) is 0.722. The summed E-state index contributed by atoms with van der Waals surface area (Å²) in [4.78, 5) is 11.0. The third-order valence-electron chi connectivity index (χ3n) is 2.21. The molecule has 0 saturated carbocycles. The third-order valence-corrected chi connectivity index (χ3v) is 2.77. The van der Waals surface area contributed by atoms with E-state index in [-0.39, 0.29) is 11.2 Å². The fourth-order valence-electron chi connectivity index (χ4n) is 1.29. The van der Waals surface area contributed by atoms with Gasteiger partial charge in [0.15, 0.2) is 0 Å². The molecule has 0 amide bonds. The SMILES string of the molecule is CCC(Cc1ccc(Cl)cc1)C(=O)Cl. The van der Waals surface area contributed by atoms with E-state index in [2.05, 4.69) is 0 Å². The summed E-state index contributed by atoms with van der Waals surface area (Å²) in [5.74, 6) is -0.0853. The summed E-state index contributed by atoms with van der Waals surface area (Å²) in [5, 5.41) is 0.446. The van der Waals surface area contributed by atoms with E-state index in [4.69, 9.17) is 23.2 Å². The highest BCUT2D eigenvalue weighted by Crippen LogP contribution is 2.17. The van der Waals surface area contributed by atoms with Crippen LogP contribution in [0.5, 0.6) is 0 Å². The van der Waals surface area contributed by atoms with Gasteiger partial charge >= 0.3 is 0 Å². The number of carbonyl (C=O) groups is 1. The van der Waals surface area contributed by atoms with Crippen LogP contribution < -0.4 is 0 Å². The van der Waals surface area contributed by atoms with Crippen molar-refractivity contribution < 1.29 is 4.79 Å². The Labute approximate surface area is 94.0 Å². The molecule has 1 atom stereocenters. The maximum Gasteiger partial charge on any atom is 0.225 e. The van der Waals surface area contributed by atoms with Gasteiger partial charge in [0, 0.05) is 10.9 Å². The van der Waals surface area contributed by atoms with Crippen LogP contribution in [0.2, 0.25) is 5.02 Å². The molecule has 0 aromatic heterocycles. The topological polar surface area (TPSA) is 17.1 Å². The van der Waals surface area contributed by atoms with Gasteiger partial charge in [0.2, 0.25) is 5.24 Å². The minimum Gasteiger partial charge on any atom is -0.281 e. The zero-order chi connectivity index (χ0) is 10.6. The van der Waals surface area contributed by atoms with Crippen molar-refractivity contribution in [2.24, 2.45) is 5.92 Å². The summed E-state index contributed by atoms with van der Waals surface area (Å²) in [7, 11) is 0. The molecule has 0 fully saturated rings. The van der Waals surface area contributed by atoms with Gasteiger partial charge in [-0.25, -0.2) is 0 Å². The van der Waals surface area contributed by atoms with Gasteiger partial charge in [0.05, 0.1) is 0 Å². The number of hydrogen-bond acceptors (Lipinski definition) is 1. The summed E-state index contributed by atoms with van der Waals surface area (Å²) >= 11 is 11.2. The Morgan fingerprint density at radius 2 is 1.93 bits per heavy atom. The van der Waals surface area contributed by atoms with Crippen molar-refractivity contribution in [2.75, 3.05) is 0 Å². The first kappa shape index (κ1) is 11.5. The van der Waals surface area contributed by atoms with Crippen LogP contribution in [0, 0.1) is 5.92 Å². The molecule has 1 aromatic carbocycles. The Morgan fingerprint density at radius 3 is 2.36 bits per heavy atom. The lowest BCUT2D eigenvalue weighted by molar-refractivity contribution is -0.115. The van der Waals surface area contributed by atoms with E-state index in [0.29, 0.717) is 11.4 Å². The van der Waals surface area contributed by atoms with Crippen LogP contribution in [0.25, 0.3) is 0 Å². The Balaban J connectivity index is 2.67. The molecule has 1 nitrogen and oxygen atoms in total. The third kappa shape index (κ3) is 3.32. The first-order valence-electron chi connectivity index (χ1n) is 4.57. The molecule has 14 heavy (non-hydrogen) atoms. The standard InChI is InChI=1S/C11H12Cl2O/c1-2-9(11(13)14)7-8-3-5-10(12)6-4-8/h3-6,9H,2,7H2,1H3. The van der Waals surface area contributed by atoms with Crippen molar-refractivity contribution in [1.29, 1.82) is 0 Å². The maximum absolute atomic E-state index is 11.0. The number of benzene rings is 1. The minimum absolute atomic E-state index is 0.0853. The first-order valence-corrected chi connectivity index (χ1v) is 5.33. The molecule has 0 heterocycles. The molecule has 0 bridgehead atoms. The molecule has 76 valence electrons. The van der Waals surface area contributed by atoms with E-state index >= 15 is 0 Å². The van der Waals surface area contributed by atoms with Crippen molar-refractivity contribution in [3.8, 4) is 0 Å². The number of carbonyl (C=O) groups excluding carboxylic acids is 1. The van der Waals surface area contributed by atoms with Crippen LogP contribution in [-0.4, -0.2) is 5.24 Å². The molecule has 1 aromatic rings. The van der Waals surface area contributed by atoms with Gasteiger partial charge in [0.25, 0.3) is 0 Å². The Morgan fingerprint density at radius 1 is 1.36 bits per heavy atom. The van der Waals surface area contributed by atoms with Crippen LogP contribution in [0.1, 0.15) is 18.9 Å². The van der Waals surface area contributed by atoms with E-state index in [1.165, 1.54) is 0 Å². The summed E-state index contributed by atoms with van der Waals surface area (Å²) in [6, 6.07) is 7.49.